The van der Waals surface area contributed by atoms with Gasteiger partial charge in [-0.15, -0.1) is 0 Å². The Morgan fingerprint density at radius 3 is 2.10 bits per heavy atom. The molecular formula is C24H26N2O5. The van der Waals surface area contributed by atoms with Gasteiger partial charge in [0.05, 0.1) is 0 Å². The fourth-order valence-corrected chi connectivity index (χ4v) is 2.94. The summed E-state index contributed by atoms with van der Waals surface area (Å²) in [6.45, 7) is 4.33. The number of rotatable bonds is 9. The van der Waals surface area contributed by atoms with Crippen LogP contribution >= 0.6 is 0 Å². The zero-order valence-electron chi connectivity index (χ0n) is 17.6. The molecule has 2 aromatic carbocycles. The molecule has 0 aliphatic carbocycles. The Morgan fingerprint density at radius 1 is 0.935 bits per heavy atom. The molecule has 1 heterocycles. The first-order valence-electron chi connectivity index (χ1n) is 10.1. The van der Waals surface area contributed by atoms with Crippen LogP contribution in [-0.4, -0.2) is 17.0 Å². The summed E-state index contributed by atoms with van der Waals surface area (Å²) >= 11 is 0. The molecule has 1 aromatic heterocycles. The van der Waals surface area contributed by atoms with Crippen molar-refractivity contribution in [3.8, 4) is 0 Å². The molecule has 0 aliphatic rings. The highest BCUT2D eigenvalue weighted by Crippen LogP contribution is 2.21. The van der Waals surface area contributed by atoms with Crippen molar-refractivity contribution in [2.45, 2.75) is 39.5 Å². The molecule has 0 unspecified atom stereocenters. The van der Waals surface area contributed by atoms with Crippen molar-refractivity contribution in [1.29, 1.82) is 0 Å². The molecule has 7 heteroatoms. The largest absolute Gasteiger partial charge is 0.456 e. The molecule has 0 saturated heterocycles. The maximum Gasteiger partial charge on any atom is 0.408 e. The molecule has 1 N–H and O–H groups in total. The quantitative estimate of drug-likeness (QED) is 0.486. The first-order valence-corrected chi connectivity index (χ1v) is 10.1. The number of amides is 1. The average molecular weight is 422 g/mol. The van der Waals surface area contributed by atoms with E-state index in [4.69, 9.17) is 13.9 Å². The monoisotopic (exact) mass is 422 g/mol. The van der Waals surface area contributed by atoms with Gasteiger partial charge in [0, 0.05) is 0 Å². The van der Waals surface area contributed by atoms with Gasteiger partial charge in [0.25, 0.3) is 0 Å². The maximum atomic E-state index is 12.3. The van der Waals surface area contributed by atoms with Gasteiger partial charge in [-0.05, 0) is 23.5 Å². The van der Waals surface area contributed by atoms with Crippen molar-refractivity contribution < 1.29 is 23.5 Å². The number of nitrogens with one attached hydrogen (secondary N) is 1. The molecule has 31 heavy (non-hydrogen) atoms. The summed E-state index contributed by atoms with van der Waals surface area (Å²) in [6.07, 6.45) is 1.23. The van der Waals surface area contributed by atoms with Crippen molar-refractivity contribution in [2.24, 2.45) is 5.92 Å². The van der Waals surface area contributed by atoms with Crippen molar-refractivity contribution in [3.05, 3.63) is 89.6 Å². The standard InChI is InChI=1S/C24H26N2O5/c1-17(2)13-20(26-24(28)31-15-19-11-7-4-8-12-19)22-25-21(16-29-22)23(27)30-14-18-9-5-3-6-10-18/h3-12,16-17,20H,13-15H2,1-2H3,(H,26,28)/t20-/m0/s1. The third-order valence-corrected chi connectivity index (χ3v) is 4.45. The zero-order chi connectivity index (χ0) is 22.1. The molecule has 1 atom stereocenters. The molecule has 0 radical (unpaired) electrons. The van der Waals surface area contributed by atoms with Crippen LogP contribution < -0.4 is 5.32 Å². The van der Waals surface area contributed by atoms with Gasteiger partial charge in [-0.2, -0.15) is 0 Å². The Morgan fingerprint density at radius 2 is 1.52 bits per heavy atom. The lowest BCUT2D eigenvalue weighted by molar-refractivity contribution is 0.0465. The van der Waals surface area contributed by atoms with Crippen LogP contribution in [0.3, 0.4) is 0 Å². The van der Waals surface area contributed by atoms with Crippen molar-refractivity contribution >= 4 is 12.1 Å². The summed E-state index contributed by atoms with van der Waals surface area (Å²) < 4.78 is 16.1. The van der Waals surface area contributed by atoms with Gasteiger partial charge in [0.15, 0.2) is 5.69 Å². The van der Waals surface area contributed by atoms with Crippen LogP contribution in [0.1, 0.15) is 53.8 Å². The Kier molecular flexibility index (Phi) is 7.81. The highest BCUT2D eigenvalue weighted by molar-refractivity contribution is 5.86. The number of hydrogen-bond acceptors (Lipinski definition) is 6. The zero-order valence-corrected chi connectivity index (χ0v) is 17.6. The Hall–Kier alpha value is -3.61. The summed E-state index contributed by atoms with van der Waals surface area (Å²) in [5, 5.41) is 2.78. The molecular weight excluding hydrogens is 396 g/mol. The van der Waals surface area contributed by atoms with E-state index in [0.717, 1.165) is 11.1 Å². The summed E-state index contributed by atoms with van der Waals surface area (Å²) in [5.41, 5.74) is 1.82. The predicted octanol–water partition coefficient (Wildman–Crippen LogP) is 5.05. The first-order chi connectivity index (χ1) is 15.0. The van der Waals surface area contributed by atoms with Gasteiger partial charge in [-0.1, -0.05) is 74.5 Å². The number of alkyl carbamates (subject to hydrolysis) is 1. The third-order valence-electron chi connectivity index (χ3n) is 4.45. The Bertz CT molecular complexity index is 970. The number of carbonyl (C=O) groups is 2. The predicted molar refractivity (Wildman–Crippen MR) is 114 cm³/mol. The van der Waals surface area contributed by atoms with Gasteiger partial charge in [0.2, 0.25) is 5.89 Å². The van der Waals surface area contributed by atoms with Crippen LogP contribution in [0.2, 0.25) is 0 Å². The maximum absolute atomic E-state index is 12.3. The van der Waals surface area contributed by atoms with E-state index in [1.807, 2.05) is 74.5 Å². The lowest BCUT2D eigenvalue weighted by Crippen LogP contribution is -2.30. The second-order valence-electron chi connectivity index (χ2n) is 7.52. The molecule has 0 fully saturated rings. The van der Waals surface area contributed by atoms with E-state index in [-0.39, 0.29) is 30.7 Å². The minimum Gasteiger partial charge on any atom is -0.456 e. The van der Waals surface area contributed by atoms with E-state index in [0.29, 0.717) is 6.42 Å². The number of aromatic nitrogens is 1. The van der Waals surface area contributed by atoms with Crippen LogP contribution in [0, 0.1) is 5.92 Å². The first kappa shape index (κ1) is 22.1. The van der Waals surface area contributed by atoms with Crippen molar-refractivity contribution in [2.75, 3.05) is 0 Å². The highest BCUT2D eigenvalue weighted by Gasteiger charge is 2.24. The van der Waals surface area contributed by atoms with Gasteiger partial charge >= 0.3 is 12.1 Å². The summed E-state index contributed by atoms with van der Waals surface area (Å²) in [4.78, 5) is 28.8. The fourth-order valence-electron chi connectivity index (χ4n) is 2.94. The molecule has 0 spiro atoms. The lowest BCUT2D eigenvalue weighted by atomic mass is 10.0. The second-order valence-corrected chi connectivity index (χ2v) is 7.52. The summed E-state index contributed by atoms with van der Waals surface area (Å²) in [7, 11) is 0. The smallest absolute Gasteiger partial charge is 0.408 e. The molecule has 162 valence electrons. The number of oxazole rings is 1. The number of ether oxygens (including phenoxy) is 2. The fraction of sp³-hybridized carbons (Fsp3) is 0.292. The van der Waals surface area contributed by atoms with Gasteiger partial charge in [-0.25, -0.2) is 14.6 Å². The van der Waals surface area contributed by atoms with E-state index in [9.17, 15) is 9.59 Å². The minimum absolute atomic E-state index is 0.0548. The number of esters is 1. The van der Waals surface area contributed by atoms with Gasteiger partial charge in [-0.3, -0.25) is 0 Å². The molecule has 3 aromatic rings. The second kappa shape index (κ2) is 11.0. The van der Waals surface area contributed by atoms with Gasteiger partial charge < -0.3 is 19.2 Å². The molecule has 0 aliphatic heterocycles. The summed E-state index contributed by atoms with van der Waals surface area (Å²) in [6, 6.07) is 18.2. The molecule has 1 amide bonds. The van der Waals surface area contributed by atoms with Crippen molar-refractivity contribution in [3.63, 3.8) is 0 Å². The van der Waals surface area contributed by atoms with Crippen LogP contribution in [0.5, 0.6) is 0 Å². The topological polar surface area (TPSA) is 90.7 Å². The summed E-state index contributed by atoms with van der Waals surface area (Å²) in [5.74, 6) is -0.106. The third kappa shape index (κ3) is 6.99. The average Bonchev–Trinajstić information content (AvgIpc) is 3.27. The SMILES string of the molecule is CC(C)C[C@H](NC(=O)OCc1ccccc1)c1nc(C(=O)OCc2ccccc2)co1. The molecule has 0 saturated carbocycles. The molecule has 0 bridgehead atoms. The Balaban J connectivity index is 1.59. The normalized spacial score (nSPS) is 11.7. The van der Waals surface area contributed by atoms with E-state index in [1.54, 1.807) is 0 Å². The number of carbonyl (C=O) groups excluding carboxylic acids is 2. The van der Waals surface area contributed by atoms with Crippen molar-refractivity contribution in [1.82, 2.24) is 10.3 Å². The minimum atomic E-state index is -0.589. The number of nitrogens with zero attached hydrogens (tertiary/aromatic N) is 1. The van der Waals surface area contributed by atoms with Crippen LogP contribution in [-0.2, 0) is 22.7 Å². The van der Waals surface area contributed by atoms with Crippen LogP contribution in [0.25, 0.3) is 0 Å². The van der Waals surface area contributed by atoms with Crippen LogP contribution in [0.4, 0.5) is 4.79 Å². The van der Waals surface area contributed by atoms with Crippen LogP contribution in [0.15, 0.2) is 71.3 Å². The molecule has 7 nitrogen and oxygen atoms in total. The molecule has 3 rings (SSSR count). The highest BCUT2D eigenvalue weighted by atomic mass is 16.5. The van der Waals surface area contributed by atoms with E-state index in [1.165, 1.54) is 6.26 Å². The number of benzene rings is 2. The lowest BCUT2D eigenvalue weighted by Gasteiger charge is -2.17. The van der Waals surface area contributed by atoms with E-state index in [2.05, 4.69) is 10.3 Å². The number of hydrogen-bond donors (Lipinski definition) is 1. The Labute approximate surface area is 181 Å². The van der Waals surface area contributed by atoms with E-state index >= 15 is 0 Å². The van der Waals surface area contributed by atoms with Gasteiger partial charge in [0.1, 0.15) is 25.5 Å². The van der Waals surface area contributed by atoms with E-state index < -0.39 is 18.1 Å².